The fourth-order valence-corrected chi connectivity index (χ4v) is 6.66. The molecule has 0 aromatic rings. The second-order valence-corrected chi connectivity index (χ2v) is 17.8. The summed E-state index contributed by atoms with van der Waals surface area (Å²) in [5.74, 6) is -0.350. The first kappa shape index (κ1) is 55.9. The van der Waals surface area contributed by atoms with E-state index in [-0.39, 0.29) is 25.8 Å². The van der Waals surface area contributed by atoms with Crippen LogP contribution in [-0.4, -0.2) is 70.7 Å². The summed E-state index contributed by atoms with van der Waals surface area (Å²) >= 11 is 0. The number of hydrogen-bond acceptors (Lipinski definition) is 7. The molecular formula is C49H88NO7P. The third-order valence-corrected chi connectivity index (χ3v) is 10.4. The van der Waals surface area contributed by atoms with Crippen molar-refractivity contribution >= 4 is 13.8 Å². The van der Waals surface area contributed by atoms with Crippen LogP contribution < -0.4 is 4.89 Å². The number of hydrogen-bond donors (Lipinski definition) is 0. The number of carbonyl (C=O) groups excluding carboxylic acids is 1. The maximum Gasteiger partial charge on any atom is 0.306 e. The summed E-state index contributed by atoms with van der Waals surface area (Å²) < 4.78 is 34.5. The summed E-state index contributed by atoms with van der Waals surface area (Å²) in [5.41, 5.74) is 0. The van der Waals surface area contributed by atoms with Crippen molar-refractivity contribution in [3.05, 3.63) is 72.9 Å². The molecule has 336 valence electrons. The van der Waals surface area contributed by atoms with E-state index in [1.54, 1.807) is 0 Å². The van der Waals surface area contributed by atoms with Gasteiger partial charge in [-0.15, -0.1) is 0 Å². The molecule has 0 N–H and O–H groups in total. The van der Waals surface area contributed by atoms with Gasteiger partial charge in [0.15, 0.2) is 0 Å². The topological polar surface area (TPSA) is 94.1 Å². The van der Waals surface area contributed by atoms with E-state index in [4.69, 9.17) is 18.5 Å². The van der Waals surface area contributed by atoms with Crippen LogP contribution in [0.4, 0.5) is 0 Å². The average Bonchev–Trinajstić information content (AvgIpc) is 3.18. The Labute approximate surface area is 357 Å². The highest BCUT2D eigenvalue weighted by atomic mass is 31.2. The molecule has 2 atom stereocenters. The van der Waals surface area contributed by atoms with Gasteiger partial charge in [0.1, 0.15) is 19.3 Å². The molecule has 8 nitrogen and oxygen atoms in total. The van der Waals surface area contributed by atoms with Crippen LogP contribution in [0.5, 0.6) is 0 Å². The average molecular weight is 834 g/mol. The summed E-state index contributed by atoms with van der Waals surface area (Å²) in [7, 11) is 1.34. The molecule has 58 heavy (non-hydrogen) atoms. The number of rotatable bonds is 42. The molecule has 2 unspecified atom stereocenters. The van der Waals surface area contributed by atoms with Gasteiger partial charge in [-0.25, -0.2) is 0 Å². The highest BCUT2D eigenvalue weighted by molar-refractivity contribution is 7.45. The van der Waals surface area contributed by atoms with Gasteiger partial charge in [-0.05, 0) is 77.0 Å². The predicted molar refractivity (Wildman–Crippen MR) is 245 cm³/mol. The first-order chi connectivity index (χ1) is 28.1. The van der Waals surface area contributed by atoms with E-state index in [2.05, 4.69) is 86.8 Å². The molecule has 0 radical (unpaired) electrons. The van der Waals surface area contributed by atoms with Crippen molar-refractivity contribution in [3.8, 4) is 0 Å². The molecule has 0 aromatic carbocycles. The fourth-order valence-electron chi connectivity index (χ4n) is 5.93. The normalized spacial score (nSPS) is 14.4. The Morgan fingerprint density at radius 3 is 1.52 bits per heavy atom. The number of phosphoric ester groups is 1. The van der Waals surface area contributed by atoms with Crippen molar-refractivity contribution in [2.75, 3.05) is 54.1 Å². The van der Waals surface area contributed by atoms with Crippen molar-refractivity contribution in [2.24, 2.45) is 0 Å². The van der Waals surface area contributed by atoms with E-state index < -0.39 is 13.9 Å². The molecule has 0 amide bonds. The van der Waals surface area contributed by atoms with Crippen molar-refractivity contribution in [1.29, 1.82) is 0 Å². The van der Waals surface area contributed by atoms with Gasteiger partial charge in [-0.2, -0.15) is 0 Å². The second kappa shape index (κ2) is 41.7. The van der Waals surface area contributed by atoms with Crippen molar-refractivity contribution in [3.63, 3.8) is 0 Å². The monoisotopic (exact) mass is 834 g/mol. The lowest BCUT2D eigenvalue weighted by Crippen LogP contribution is -2.37. The maximum absolute atomic E-state index is 12.6. The van der Waals surface area contributed by atoms with Crippen LogP contribution in [0.2, 0.25) is 0 Å². The van der Waals surface area contributed by atoms with E-state index in [9.17, 15) is 14.3 Å². The summed E-state index contributed by atoms with van der Waals surface area (Å²) in [5, 5.41) is 0. The minimum Gasteiger partial charge on any atom is -0.756 e. The van der Waals surface area contributed by atoms with Gasteiger partial charge in [-0.3, -0.25) is 9.36 Å². The molecule has 0 saturated heterocycles. The number of esters is 1. The molecule has 0 spiro atoms. The lowest BCUT2D eigenvalue weighted by molar-refractivity contribution is -0.870. The number of allylic oxidation sites excluding steroid dienone is 12. The van der Waals surface area contributed by atoms with Crippen LogP contribution >= 0.6 is 7.82 Å². The highest BCUT2D eigenvalue weighted by Crippen LogP contribution is 2.38. The van der Waals surface area contributed by atoms with E-state index in [0.717, 1.165) is 83.5 Å². The first-order valence-corrected chi connectivity index (χ1v) is 24.6. The molecule has 0 rings (SSSR count). The van der Waals surface area contributed by atoms with E-state index in [0.29, 0.717) is 24.1 Å². The minimum absolute atomic E-state index is 0.0205. The number of likely N-dealkylation sites (N-methyl/N-ethyl adjacent to an activating group) is 1. The van der Waals surface area contributed by atoms with Crippen molar-refractivity contribution in [1.82, 2.24) is 0 Å². The highest BCUT2D eigenvalue weighted by Gasteiger charge is 2.20. The van der Waals surface area contributed by atoms with Gasteiger partial charge in [0, 0.05) is 13.0 Å². The van der Waals surface area contributed by atoms with Crippen LogP contribution in [0.15, 0.2) is 72.9 Å². The molecule has 0 aromatic heterocycles. The van der Waals surface area contributed by atoms with E-state index in [1.165, 1.54) is 70.6 Å². The SMILES string of the molecule is CC/C=C\C/C=C\C/C=C\C/C=C\C/C=C\CCCCCCCCCCCCOCC(COP(=O)([O-])OCC[N+](C)(C)C)OC(=O)CCCCCCC/C=C\CCC. The molecule has 0 fully saturated rings. The van der Waals surface area contributed by atoms with Gasteiger partial charge in [0.2, 0.25) is 0 Å². The molecular weight excluding hydrogens is 746 g/mol. The Kier molecular flexibility index (Phi) is 40.2. The van der Waals surface area contributed by atoms with Gasteiger partial charge < -0.3 is 27.9 Å². The first-order valence-electron chi connectivity index (χ1n) is 23.2. The van der Waals surface area contributed by atoms with E-state index >= 15 is 0 Å². The zero-order valence-corrected chi connectivity index (χ0v) is 38.9. The standard InChI is InChI=1S/C49H88NO7P/c1-6-8-10-12-14-16-18-19-20-21-22-23-24-25-26-27-28-29-30-31-32-33-35-37-39-41-44-54-46-48(47-56-58(52,53)55-45-43-50(3,4)5)57-49(51)42-40-38-36-34-17-15-13-11-9-7-2/h8,10-11,13-14,16,19-20,22-23,25-26,48H,6-7,9,12,15,17-18,21,24,27-47H2,1-5H3/b10-8-,13-11-,16-14-,20-19-,23-22-,26-25-. The largest absolute Gasteiger partial charge is 0.756 e. The van der Waals surface area contributed by atoms with Crippen LogP contribution in [0, 0.1) is 0 Å². The Balaban J connectivity index is 4.09. The third-order valence-electron chi connectivity index (χ3n) is 9.47. The molecule has 0 saturated carbocycles. The molecule has 0 aliphatic heterocycles. The Morgan fingerprint density at radius 2 is 1.00 bits per heavy atom. The van der Waals surface area contributed by atoms with Crippen LogP contribution in [0.1, 0.15) is 174 Å². The van der Waals surface area contributed by atoms with Crippen molar-refractivity contribution < 1.29 is 37.3 Å². The van der Waals surface area contributed by atoms with E-state index in [1.807, 2.05) is 21.1 Å². The Hall–Kier alpha value is -2.06. The zero-order chi connectivity index (χ0) is 42.7. The molecule has 0 bridgehead atoms. The van der Waals surface area contributed by atoms with Crippen LogP contribution in [-0.2, 0) is 27.9 Å². The molecule has 0 heterocycles. The second-order valence-electron chi connectivity index (χ2n) is 16.4. The predicted octanol–water partition coefficient (Wildman–Crippen LogP) is 13.3. The summed E-state index contributed by atoms with van der Waals surface area (Å²) in [6, 6.07) is 0. The Bertz CT molecular complexity index is 1150. The quantitative estimate of drug-likeness (QED) is 0.0199. The van der Waals surface area contributed by atoms with Crippen molar-refractivity contribution in [2.45, 2.75) is 180 Å². The number of ether oxygens (including phenoxy) is 2. The fraction of sp³-hybridized carbons (Fsp3) is 0.735. The molecule has 0 aliphatic carbocycles. The number of phosphoric acid groups is 1. The van der Waals surface area contributed by atoms with Crippen LogP contribution in [0.3, 0.4) is 0 Å². The van der Waals surface area contributed by atoms with Gasteiger partial charge in [-0.1, -0.05) is 164 Å². The lowest BCUT2D eigenvalue weighted by atomic mass is 10.1. The minimum atomic E-state index is -4.53. The summed E-state index contributed by atoms with van der Waals surface area (Å²) in [4.78, 5) is 25.0. The number of quaternary nitrogens is 1. The molecule has 0 aliphatic rings. The van der Waals surface area contributed by atoms with Gasteiger partial charge in [0.05, 0.1) is 34.4 Å². The van der Waals surface area contributed by atoms with Crippen LogP contribution in [0.25, 0.3) is 0 Å². The maximum atomic E-state index is 12.6. The summed E-state index contributed by atoms with van der Waals surface area (Å²) in [6.45, 7) is 5.20. The number of nitrogens with zero attached hydrogens (tertiary/aromatic N) is 1. The third kappa shape index (κ3) is 45.0. The molecule has 9 heteroatoms. The van der Waals surface area contributed by atoms with Gasteiger partial charge >= 0.3 is 5.97 Å². The Morgan fingerprint density at radius 1 is 0.552 bits per heavy atom. The zero-order valence-electron chi connectivity index (χ0n) is 38.0. The summed E-state index contributed by atoms with van der Waals surface area (Å²) in [6.07, 6.45) is 53.6. The number of carbonyl (C=O) groups is 1. The van der Waals surface area contributed by atoms with Gasteiger partial charge in [0.25, 0.3) is 7.82 Å². The lowest BCUT2D eigenvalue weighted by Gasteiger charge is -2.28. The number of unbranched alkanes of at least 4 members (excludes halogenated alkanes) is 16. The smallest absolute Gasteiger partial charge is 0.306 e.